The van der Waals surface area contributed by atoms with E-state index >= 15 is 0 Å². The largest absolute Gasteiger partial charge is 0.311 e. The molecule has 3 atom stereocenters. The Morgan fingerprint density at radius 2 is 1.83 bits per heavy atom. The predicted molar refractivity (Wildman–Crippen MR) is 80.9 cm³/mol. The molecule has 18 heavy (non-hydrogen) atoms. The van der Waals surface area contributed by atoms with E-state index in [9.17, 15) is 0 Å². The highest BCUT2D eigenvalue weighted by atomic mass is 15.2. The number of hydrogen-bond acceptors (Lipinski definition) is 2. The first-order valence-corrected chi connectivity index (χ1v) is 7.93. The smallest absolute Gasteiger partial charge is 0.0244 e. The monoisotopic (exact) mass is 254 g/mol. The number of hydrogen-bond donors (Lipinski definition) is 1. The molecule has 0 aromatic heterocycles. The Kier molecular flexibility index (Phi) is 6.65. The van der Waals surface area contributed by atoms with Crippen LogP contribution in [0, 0.1) is 17.8 Å². The number of nitrogens with one attached hydrogen (secondary N) is 1. The van der Waals surface area contributed by atoms with Crippen LogP contribution in [-0.4, -0.2) is 36.6 Å². The Labute approximate surface area is 115 Å². The van der Waals surface area contributed by atoms with Crippen molar-refractivity contribution in [1.29, 1.82) is 0 Å². The van der Waals surface area contributed by atoms with Crippen LogP contribution in [0.3, 0.4) is 0 Å². The van der Waals surface area contributed by atoms with Crippen LogP contribution in [0.2, 0.25) is 0 Å². The van der Waals surface area contributed by atoms with E-state index in [4.69, 9.17) is 0 Å². The van der Waals surface area contributed by atoms with Crippen LogP contribution in [0.5, 0.6) is 0 Å². The summed E-state index contributed by atoms with van der Waals surface area (Å²) in [5.74, 6) is 2.34. The molecule has 0 radical (unpaired) electrons. The maximum atomic E-state index is 3.74. The van der Waals surface area contributed by atoms with Crippen molar-refractivity contribution in [2.75, 3.05) is 19.6 Å². The van der Waals surface area contributed by atoms with Crippen molar-refractivity contribution >= 4 is 0 Å². The van der Waals surface area contributed by atoms with Gasteiger partial charge in [-0.05, 0) is 24.2 Å². The van der Waals surface area contributed by atoms with E-state index in [1.54, 1.807) is 0 Å². The zero-order chi connectivity index (χ0) is 13.7. The molecule has 2 heteroatoms. The summed E-state index contributed by atoms with van der Waals surface area (Å²) in [6.45, 7) is 17.8. The van der Waals surface area contributed by atoms with E-state index in [0.717, 1.165) is 23.8 Å². The van der Waals surface area contributed by atoms with E-state index in [0.29, 0.717) is 6.04 Å². The lowest BCUT2D eigenvalue weighted by Gasteiger charge is -2.44. The highest BCUT2D eigenvalue weighted by Gasteiger charge is 2.30. The molecule has 1 saturated heterocycles. The molecule has 1 rings (SSSR count). The van der Waals surface area contributed by atoms with Crippen LogP contribution in [-0.2, 0) is 0 Å². The summed E-state index contributed by atoms with van der Waals surface area (Å²) in [5.41, 5.74) is 0. The SMILES string of the molecule is CCCC1CN(CC(C)C(C)C)C(C(C)C)CN1. The first-order valence-electron chi connectivity index (χ1n) is 7.93. The predicted octanol–water partition coefficient (Wildman–Crippen LogP) is 3.38. The zero-order valence-corrected chi connectivity index (χ0v) is 13.4. The minimum atomic E-state index is 0.712. The van der Waals surface area contributed by atoms with Crippen molar-refractivity contribution in [3.63, 3.8) is 0 Å². The lowest BCUT2D eigenvalue weighted by Crippen LogP contribution is -2.59. The van der Waals surface area contributed by atoms with E-state index in [2.05, 4.69) is 51.8 Å². The highest BCUT2D eigenvalue weighted by molar-refractivity contribution is 4.88. The van der Waals surface area contributed by atoms with Gasteiger partial charge in [0.2, 0.25) is 0 Å². The van der Waals surface area contributed by atoms with E-state index in [1.165, 1.54) is 32.5 Å². The van der Waals surface area contributed by atoms with Crippen LogP contribution in [0.4, 0.5) is 0 Å². The molecule has 0 saturated carbocycles. The third-order valence-corrected chi connectivity index (χ3v) is 4.61. The molecule has 0 spiro atoms. The summed E-state index contributed by atoms with van der Waals surface area (Å²) in [5, 5.41) is 3.74. The van der Waals surface area contributed by atoms with Crippen LogP contribution >= 0.6 is 0 Å². The van der Waals surface area contributed by atoms with Gasteiger partial charge in [-0.2, -0.15) is 0 Å². The average molecular weight is 254 g/mol. The molecule has 0 amide bonds. The summed E-state index contributed by atoms with van der Waals surface area (Å²) in [7, 11) is 0. The molecule has 1 N–H and O–H groups in total. The second kappa shape index (κ2) is 7.49. The van der Waals surface area contributed by atoms with Gasteiger partial charge in [-0.1, -0.05) is 48.0 Å². The molecule has 1 fully saturated rings. The Morgan fingerprint density at radius 3 is 2.33 bits per heavy atom. The molecule has 0 bridgehead atoms. The number of rotatable bonds is 6. The van der Waals surface area contributed by atoms with Crippen molar-refractivity contribution < 1.29 is 0 Å². The fourth-order valence-corrected chi connectivity index (χ4v) is 2.89. The maximum absolute atomic E-state index is 3.74. The molecular formula is C16H34N2. The summed E-state index contributed by atoms with van der Waals surface area (Å²) >= 11 is 0. The van der Waals surface area contributed by atoms with Crippen LogP contribution in [0.25, 0.3) is 0 Å². The Balaban J connectivity index is 2.60. The number of nitrogens with zero attached hydrogens (tertiary/aromatic N) is 1. The zero-order valence-electron chi connectivity index (χ0n) is 13.4. The third kappa shape index (κ3) is 4.55. The van der Waals surface area contributed by atoms with Crippen molar-refractivity contribution in [2.45, 2.75) is 66.5 Å². The lowest BCUT2D eigenvalue weighted by molar-refractivity contribution is 0.0740. The molecule has 2 nitrogen and oxygen atoms in total. The standard InChI is InChI=1S/C16H34N2/c1-7-8-15-11-18(10-14(6)12(2)3)16(9-17-15)13(4)5/h12-17H,7-11H2,1-6H3. The number of piperazine rings is 1. The molecule has 108 valence electrons. The van der Waals surface area contributed by atoms with Gasteiger partial charge in [0.05, 0.1) is 0 Å². The Bertz CT molecular complexity index is 225. The summed E-state index contributed by atoms with van der Waals surface area (Å²) in [6.07, 6.45) is 2.61. The second-order valence-electron chi connectivity index (χ2n) is 6.88. The van der Waals surface area contributed by atoms with Gasteiger partial charge in [0, 0.05) is 31.7 Å². The van der Waals surface area contributed by atoms with Crippen LogP contribution < -0.4 is 5.32 Å². The van der Waals surface area contributed by atoms with Gasteiger partial charge in [0.1, 0.15) is 0 Å². The Hall–Kier alpha value is -0.0800. The highest BCUT2D eigenvalue weighted by Crippen LogP contribution is 2.21. The van der Waals surface area contributed by atoms with Gasteiger partial charge < -0.3 is 5.32 Å². The van der Waals surface area contributed by atoms with Crippen molar-refractivity contribution in [2.24, 2.45) is 17.8 Å². The van der Waals surface area contributed by atoms with Crippen LogP contribution in [0.15, 0.2) is 0 Å². The second-order valence-corrected chi connectivity index (χ2v) is 6.88. The molecule has 3 unspecified atom stereocenters. The maximum Gasteiger partial charge on any atom is 0.0244 e. The van der Waals surface area contributed by atoms with Gasteiger partial charge in [-0.15, -0.1) is 0 Å². The van der Waals surface area contributed by atoms with Gasteiger partial charge >= 0.3 is 0 Å². The average Bonchev–Trinajstić information content (AvgIpc) is 2.29. The van der Waals surface area contributed by atoms with Crippen molar-refractivity contribution in [3.8, 4) is 0 Å². The molecule has 1 aliphatic heterocycles. The molecule has 1 aliphatic rings. The van der Waals surface area contributed by atoms with Gasteiger partial charge in [-0.3, -0.25) is 4.90 Å². The van der Waals surface area contributed by atoms with Gasteiger partial charge in [-0.25, -0.2) is 0 Å². The lowest BCUT2D eigenvalue weighted by atomic mass is 9.92. The fourth-order valence-electron chi connectivity index (χ4n) is 2.89. The topological polar surface area (TPSA) is 15.3 Å². The quantitative estimate of drug-likeness (QED) is 0.782. The molecule has 0 aromatic carbocycles. The van der Waals surface area contributed by atoms with E-state index in [-0.39, 0.29) is 0 Å². The first kappa shape index (κ1) is 16.0. The van der Waals surface area contributed by atoms with Crippen LogP contribution in [0.1, 0.15) is 54.4 Å². The minimum Gasteiger partial charge on any atom is -0.311 e. The van der Waals surface area contributed by atoms with Crippen molar-refractivity contribution in [3.05, 3.63) is 0 Å². The van der Waals surface area contributed by atoms with E-state index < -0.39 is 0 Å². The van der Waals surface area contributed by atoms with Gasteiger partial charge in [0.15, 0.2) is 0 Å². The summed E-state index contributed by atoms with van der Waals surface area (Å²) in [6, 6.07) is 1.43. The molecule has 0 aromatic rings. The first-order chi connectivity index (χ1) is 8.45. The van der Waals surface area contributed by atoms with Crippen molar-refractivity contribution in [1.82, 2.24) is 10.2 Å². The summed E-state index contributed by atoms with van der Waals surface area (Å²) < 4.78 is 0. The van der Waals surface area contributed by atoms with E-state index in [1.807, 2.05) is 0 Å². The molecule has 0 aliphatic carbocycles. The molecule has 1 heterocycles. The Morgan fingerprint density at radius 1 is 1.17 bits per heavy atom. The normalized spacial score (nSPS) is 28.0. The summed E-state index contributed by atoms with van der Waals surface area (Å²) in [4.78, 5) is 2.76. The minimum absolute atomic E-state index is 0.712. The van der Waals surface area contributed by atoms with Gasteiger partial charge in [0.25, 0.3) is 0 Å². The third-order valence-electron chi connectivity index (χ3n) is 4.61. The molecular weight excluding hydrogens is 220 g/mol. The fraction of sp³-hybridized carbons (Fsp3) is 1.00.